The van der Waals surface area contributed by atoms with Gasteiger partial charge >= 0.3 is 6.01 Å². The second kappa shape index (κ2) is 8.21. The minimum absolute atomic E-state index is 0.135. The summed E-state index contributed by atoms with van der Waals surface area (Å²) in [6.07, 6.45) is 0. The van der Waals surface area contributed by atoms with Crippen LogP contribution in [-0.4, -0.2) is 51.6 Å². The van der Waals surface area contributed by atoms with E-state index in [0.29, 0.717) is 24.6 Å². The van der Waals surface area contributed by atoms with Gasteiger partial charge in [-0.05, 0) is 46.2 Å². The normalized spacial score (nSPS) is 11.4. The Morgan fingerprint density at radius 1 is 1.15 bits per heavy atom. The van der Waals surface area contributed by atoms with Crippen molar-refractivity contribution in [3.8, 4) is 6.01 Å². The van der Waals surface area contributed by atoms with Crippen molar-refractivity contribution < 1.29 is 4.74 Å². The highest BCUT2D eigenvalue weighted by Crippen LogP contribution is 2.11. The van der Waals surface area contributed by atoms with Gasteiger partial charge in [-0.3, -0.25) is 4.90 Å². The summed E-state index contributed by atoms with van der Waals surface area (Å²) in [6, 6.07) is 1.25. The van der Waals surface area contributed by atoms with Crippen molar-refractivity contribution in [3.05, 3.63) is 5.28 Å². The Balaban J connectivity index is 2.56. The maximum Gasteiger partial charge on any atom is 0.322 e. The molecule has 6 nitrogen and oxygen atoms in total. The molecule has 20 heavy (non-hydrogen) atoms. The van der Waals surface area contributed by atoms with Crippen LogP contribution in [0.5, 0.6) is 6.01 Å². The number of nitrogens with one attached hydrogen (secondary N) is 1. The molecule has 1 N–H and O–H groups in total. The van der Waals surface area contributed by atoms with Gasteiger partial charge in [-0.25, -0.2) is 0 Å². The lowest BCUT2D eigenvalue weighted by Crippen LogP contribution is -2.40. The topological polar surface area (TPSA) is 63.2 Å². The molecular formula is C13H24ClN5O. The van der Waals surface area contributed by atoms with E-state index >= 15 is 0 Å². The summed E-state index contributed by atoms with van der Waals surface area (Å²) in [5.74, 6) is 0.445. The summed E-state index contributed by atoms with van der Waals surface area (Å²) in [4.78, 5) is 14.5. The second-order valence-electron chi connectivity index (χ2n) is 5.00. The van der Waals surface area contributed by atoms with Crippen molar-refractivity contribution in [1.29, 1.82) is 0 Å². The van der Waals surface area contributed by atoms with Gasteiger partial charge in [0.15, 0.2) is 0 Å². The third-order valence-corrected chi connectivity index (χ3v) is 3.01. The first kappa shape index (κ1) is 16.9. The van der Waals surface area contributed by atoms with Gasteiger partial charge in [0.1, 0.15) is 0 Å². The molecule has 1 aromatic rings. The highest BCUT2D eigenvalue weighted by molar-refractivity contribution is 6.28. The molecule has 114 valence electrons. The first-order valence-electron chi connectivity index (χ1n) is 6.98. The van der Waals surface area contributed by atoms with E-state index in [1.165, 1.54) is 0 Å². The Morgan fingerprint density at radius 3 is 2.35 bits per heavy atom. The molecule has 0 radical (unpaired) electrons. The standard InChI is InChI=1S/C13H24ClN5O/c1-6-20-13-17-11(14)16-12(18-13)15-7-8-19(9(2)3)10(4)5/h9-10H,6-8H2,1-5H3,(H,15,16,17,18). The van der Waals surface area contributed by atoms with Crippen molar-refractivity contribution in [3.63, 3.8) is 0 Å². The van der Waals surface area contributed by atoms with E-state index in [0.717, 1.165) is 13.1 Å². The Morgan fingerprint density at radius 2 is 1.80 bits per heavy atom. The largest absolute Gasteiger partial charge is 0.464 e. The molecule has 0 amide bonds. The average Bonchev–Trinajstić information content (AvgIpc) is 2.33. The molecule has 0 spiro atoms. The molecule has 0 atom stereocenters. The van der Waals surface area contributed by atoms with E-state index in [1.807, 2.05) is 6.92 Å². The van der Waals surface area contributed by atoms with Crippen molar-refractivity contribution in [2.24, 2.45) is 0 Å². The smallest absolute Gasteiger partial charge is 0.322 e. The van der Waals surface area contributed by atoms with Crippen LogP contribution in [0.4, 0.5) is 5.95 Å². The molecule has 0 aromatic carbocycles. The van der Waals surface area contributed by atoms with Gasteiger partial charge in [0, 0.05) is 25.2 Å². The minimum Gasteiger partial charge on any atom is -0.464 e. The van der Waals surface area contributed by atoms with Gasteiger partial charge in [-0.2, -0.15) is 15.0 Å². The number of hydrogen-bond donors (Lipinski definition) is 1. The zero-order valence-electron chi connectivity index (χ0n) is 12.9. The van der Waals surface area contributed by atoms with Gasteiger partial charge in [0.05, 0.1) is 6.61 Å². The van der Waals surface area contributed by atoms with E-state index < -0.39 is 0 Å². The number of aromatic nitrogens is 3. The maximum atomic E-state index is 5.84. The molecule has 0 fully saturated rings. The molecule has 0 aliphatic heterocycles. The van der Waals surface area contributed by atoms with E-state index in [2.05, 4.69) is 52.9 Å². The highest BCUT2D eigenvalue weighted by atomic mass is 35.5. The molecule has 7 heteroatoms. The lowest BCUT2D eigenvalue weighted by molar-refractivity contribution is 0.182. The van der Waals surface area contributed by atoms with Crippen LogP contribution in [0.2, 0.25) is 5.28 Å². The van der Waals surface area contributed by atoms with Crippen LogP contribution in [-0.2, 0) is 0 Å². The van der Waals surface area contributed by atoms with Crippen molar-refractivity contribution >= 4 is 17.5 Å². The fraction of sp³-hybridized carbons (Fsp3) is 0.769. The molecule has 0 aliphatic carbocycles. The van der Waals surface area contributed by atoms with Gasteiger partial charge in [-0.1, -0.05) is 0 Å². The quantitative estimate of drug-likeness (QED) is 0.796. The van der Waals surface area contributed by atoms with E-state index in [-0.39, 0.29) is 11.3 Å². The summed E-state index contributed by atoms with van der Waals surface area (Å²) in [5, 5.41) is 3.29. The lowest BCUT2D eigenvalue weighted by Gasteiger charge is -2.30. The van der Waals surface area contributed by atoms with Crippen LogP contribution in [0.3, 0.4) is 0 Å². The fourth-order valence-corrected chi connectivity index (χ4v) is 2.17. The Bertz CT molecular complexity index is 406. The summed E-state index contributed by atoms with van der Waals surface area (Å²) < 4.78 is 5.23. The van der Waals surface area contributed by atoms with E-state index in [9.17, 15) is 0 Å². The Labute approximate surface area is 125 Å². The predicted molar refractivity (Wildman–Crippen MR) is 81.5 cm³/mol. The zero-order chi connectivity index (χ0) is 15.1. The third kappa shape index (κ3) is 5.46. The Hall–Kier alpha value is -1.14. The fourth-order valence-electron chi connectivity index (χ4n) is 2.01. The minimum atomic E-state index is 0.135. The second-order valence-corrected chi connectivity index (χ2v) is 5.33. The first-order chi connectivity index (χ1) is 9.43. The average molecular weight is 302 g/mol. The van der Waals surface area contributed by atoms with Crippen molar-refractivity contribution in [2.45, 2.75) is 46.7 Å². The van der Waals surface area contributed by atoms with Crippen LogP contribution in [0.25, 0.3) is 0 Å². The van der Waals surface area contributed by atoms with Gasteiger partial charge in [-0.15, -0.1) is 0 Å². The number of rotatable bonds is 8. The molecule has 0 saturated carbocycles. The molecule has 1 rings (SSSR count). The van der Waals surface area contributed by atoms with Gasteiger partial charge in [0.2, 0.25) is 11.2 Å². The number of halogens is 1. The zero-order valence-corrected chi connectivity index (χ0v) is 13.6. The van der Waals surface area contributed by atoms with Crippen LogP contribution < -0.4 is 10.1 Å². The molecule has 0 bridgehead atoms. The monoisotopic (exact) mass is 301 g/mol. The number of anilines is 1. The van der Waals surface area contributed by atoms with Crippen molar-refractivity contribution in [2.75, 3.05) is 25.0 Å². The third-order valence-electron chi connectivity index (χ3n) is 2.84. The summed E-state index contributed by atoms with van der Waals surface area (Å²) in [6.45, 7) is 12.8. The summed E-state index contributed by atoms with van der Waals surface area (Å²) in [7, 11) is 0. The molecule has 0 unspecified atom stereocenters. The van der Waals surface area contributed by atoms with E-state index in [4.69, 9.17) is 16.3 Å². The lowest BCUT2D eigenvalue weighted by atomic mass is 10.2. The SMILES string of the molecule is CCOc1nc(Cl)nc(NCCN(C(C)C)C(C)C)n1. The molecule has 0 saturated heterocycles. The molecule has 1 aromatic heterocycles. The number of hydrogen-bond acceptors (Lipinski definition) is 6. The van der Waals surface area contributed by atoms with Crippen LogP contribution in [0.1, 0.15) is 34.6 Å². The van der Waals surface area contributed by atoms with Gasteiger partial charge < -0.3 is 10.1 Å². The van der Waals surface area contributed by atoms with E-state index in [1.54, 1.807) is 0 Å². The number of ether oxygens (including phenoxy) is 1. The maximum absolute atomic E-state index is 5.84. The van der Waals surface area contributed by atoms with Crippen LogP contribution in [0, 0.1) is 0 Å². The predicted octanol–water partition coefficient (Wildman–Crippen LogP) is 2.45. The first-order valence-corrected chi connectivity index (χ1v) is 7.35. The summed E-state index contributed by atoms with van der Waals surface area (Å²) >= 11 is 5.84. The molecule has 0 aliphatic rings. The molecule has 1 heterocycles. The van der Waals surface area contributed by atoms with Crippen LogP contribution in [0.15, 0.2) is 0 Å². The van der Waals surface area contributed by atoms with Crippen LogP contribution >= 0.6 is 11.6 Å². The highest BCUT2D eigenvalue weighted by Gasteiger charge is 2.13. The molecular weight excluding hydrogens is 278 g/mol. The Kier molecular flexibility index (Phi) is 6.95. The van der Waals surface area contributed by atoms with Crippen molar-refractivity contribution in [1.82, 2.24) is 19.9 Å². The van der Waals surface area contributed by atoms with Gasteiger partial charge in [0.25, 0.3) is 0 Å². The summed E-state index contributed by atoms with van der Waals surface area (Å²) in [5.41, 5.74) is 0. The number of nitrogens with zero attached hydrogens (tertiary/aromatic N) is 4.